The minimum absolute atomic E-state index is 0.735. The lowest BCUT2D eigenvalue weighted by molar-refractivity contribution is 0.317. The number of hydrogen-bond acceptors (Lipinski definition) is 3. The highest BCUT2D eigenvalue weighted by molar-refractivity contribution is 5.60. The molecule has 2 N–H and O–H groups in total. The number of rotatable bonds is 5. The second kappa shape index (κ2) is 5.49. The monoisotopic (exact) mass is 208 g/mol. The van der Waals surface area contributed by atoms with E-state index in [1.165, 1.54) is 0 Å². The van der Waals surface area contributed by atoms with Gasteiger partial charge in [0.25, 0.3) is 0 Å². The Balaban J connectivity index is 2.84. The average molecular weight is 208 g/mol. The molecule has 0 amide bonds. The Morgan fingerprint density at radius 2 is 2.00 bits per heavy atom. The van der Waals surface area contributed by atoms with Gasteiger partial charge < -0.3 is 15.4 Å². The third kappa shape index (κ3) is 3.35. The fraction of sp³-hybridized carbons (Fsp3) is 0.500. The molecule has 0 bridgehead atoms. The molecular formula is C12H20N2O. The van der Waals surface area contributed by atoms with E-state index in [1.807, 2.05) is 25.2 Å². The molecule has 0 aromatic heterocycles. The molecular weight excluding hydrogens is 188 g/mol. The first-order chi connectivity index (χ1) is 7.17. The van der Waals surface area contributed by atoms with Crippen molar-refractivity contribution in [2.75, 3.05) is 30.8 Å². The Kier molecular flexibility index (Phi) is 4.28. The van der Waals surface area contributed by atoms with Crippen LogP contribution in [-0.4, -0.2) is 20.2 Å². The molecule has 84 valence electrons. The van der Waals surface area contributed by atoms with Crippen LogP contribution < -0.4 is 15.4 Å². The van der Waals surface area contributed by atoms with Crippen molar-refractivity contribution in [1.29, 1.82) is 0 Å². The van der Waals surface area contributed by atoms with Crippen LogP contribution in [0.4, 0.5) is 11.4 Å². The van der Waals surface area contributed by atoms with Crippen molar-refractivity contribution in [3.05, 3.63) is 18.2 Å². The van der Waals surface area contributed by atoms with Crippen molar-refractivity contribution >= 4 is 11.4 Å². The Bertz CT molecular complexity index is 312. The fourth-order valence-corrected chi connectivity index (χ4v) is 1.31. The van der Waals surface area contributed by atoms with Crippen molar-refractivity contribution in [3.63, 3.8) is 0 Å². The van der Waals surface area contributed by atoms with E-state index in [0.717, 1.165) is 36.7 Å². The van der Waals surface area contributed by atoms with E-state index >= 15 is 0 Å². The minimum Gasteiger partial charge on any atom is -0.493 e. The predicted octanol–water partition coefficient (Wildman–Crippen LogP) is 2.51. The van der Waals surface area contributed by atoms with Gasteiger partial charge in [-0.15, -0.1) is 0 Å². The van der Waals surface area contributed by atoms with E-state index in [-0.39, 0.29) is 0 Å². The molecule has 0 unspecified atom stereocenters. The molecule has 0 aliphatic heterocycles. The minimum atomic E-state index is 0.735. The van der Waals surface area contributed by atoms with E-state index in [9.17, 15) is 0 Å². The second-order valence-electron chi connectivity index (χ2n) is 3.62. The first-order valence-corrected chi connectivity index (χ1v) is 5.41. The maximum atomic E-state index is 5.82. The number of nitrogen functional groups attached to an aromatic ring is 1. The molecule has 0 saturated heterocycles. The largest absolute Gasteiger partial charge is 0.493 e. The van der Waals surface area contributed by atoms with Crippen molar-refractivity contribution in [2.24, 2.45) is 0 Å². The summed E-state index contributed by atoms with van der Waals surface area (Å²) < 4.78 is 5.56. The quantitative estimate of drug-likeness (QED) is 0.756. The molecule has 0 fully saturated rings. The van der Waals surface area contributed by atoms with E-state index in [0.29, 0.717) is 0 Å². The number of nitrogens with zero attached hydrogens (tertiary/aromatic N) is 1. The summed E-state index contributed by atoms with van der Waals surface area (Å²) in [5, 5.41) is 0. The van der Waals surface area contributed by atoms with Crippen molar-refractivity contribution in [1.82, 2.24) is 0 Å². The Morgan fingerprint density at radius 3 is 2.60 bits per heavy atom. The summed E-state index contributed by atoms with van der Waals surface area (Å²) in [5.41, 5.74) is 7.67. The summed E-state index contributed by atoms with van der Waals surface area (Å²) in [7, 11) is 2.04. The number of benzene rings is 1. The number of hydrogen-bond donors (Lipinski definition) is 1. The van der Waals surface area contributed by atoms with Gasteiger partial charge in [-0.2, -0.15) is 0 Å². The second-order valence-corrected chi connectivity index (χ2v) is 3.62. The lowest BCUT2D eigenvalue weighted by Gasteiger charge is -2.18. The van der Waals surface area contributed by atoms with Crippen molar-refractivity contribution < 1.29 is 4.74 Å². The van der Waals surface area contributed by atoms with Crippen LogP contribution in [0.2, 0.25) is 0 Å². The number of ether oxygens (including phenoxy) is 1. The van der Waals surface area contributed by atoms with Crippen LogP contribution in [0.15, 0.2) is 18.2 Å². The predicted molar refractivity (Wildman–Crippen MR) is 65.6 cm³/mol. The van der Waals surface area contributed by atoms with Gasteiger partial charge in [-0.25, -0.2) is 0 Å². The smallest absolute Gasteiger partial charge is 0.123 e. The SMILES string of the molecule is CCCOc1cc(N)cc(N(C)CC)c1. The highest BCUT2D eigenvalue weighted by atomic mass is 16.5. The Morgan fingerprint density at radius 1 is 1.27 bits per heavy atom. The lowest BCUT2D eigenvalue weighted by Crippen LogP contribution is -2.16. The van der Waals surface area contributed by atoms with Gasteiger partial charge >= 0.3 is 0 Å². The summed E-state index contributed by atoms with van der Waals surface area (Å²) in [4.78, 5) is 2.13. The topological polar surface area (TPSA) is 38.5 Å². The zero-order valence-electron chi connectivity index (χ0n) is 9.79. The molecule has 0 heterocycles. The summed E-state index contributed by atoms with van der Waals surface area (Å²) in [5.74, 6) is 0.854. The highest BCUT2D eigenvalue weighted by Crippen LogP contribution is 2.24. The molecule has 1 aromatic rings. The standard InChI is InChI=1S/C12H20N2O/c1-4-6-15-12-8-10(13)7-11(9-12)14(3)5-2/h7-9H,4-6,13H2,1-3H3. The lowest BCUT2D eigenvalue weighted by atomic mass is 10.2. The Hall–Kier alpha value is -1.38. The van der Waals surface area contributed by atoms with E-state index in [1.54, 1.807) is 0 Å². The highest BCUT2D eigenvalue weighted by Gasteiger charge is 2.02. The van der Waals surface area contributed by atoms with E-state index in [4.69, 9.17) is 10.5 Å². The molecule has 15 heavy (non-hydrogen) atoms. The first-order valence-electron chi connectivity index (χ1n) is 5.41. The number of anilines is 2. The van der Waals surface area contributed by atoms with Crippen LogP contribution in [0.25, 0.3) is 0 Å². The fourth-order valence-electron chi connectivity index (χ4n) is 1.31. The van der Waals surface area contributed by atoms with E-state index < -0.39 is 0 Å². The zero-order valence-corrected chi connectivity index (χ0v) is 9.79. The molecule has 0 saturated carbocycles. The van der Waals surface area contributed by atoms with Gasteiger partial charge in [0.2, 0.25) is 0 Å². The van der Waals surface area contributed by atoms with Gasteiger partial charge in [0.15, 0.2) is 0 Å². The van der Waals surface area contributed by atoms with Crippen LogP contribution in [0.3, 0.4) is 0 Å². The van der Waals surface area contributed by atoms with Crippen LogP contribution in [0.5, 0.6) is 5.75 Å². The molecule has 1 aromatic carbocycles. The molecule has 0 aliphatic rings. The van der Waals surface area contributed by atoms with Gasteiger partial charge in [-0.3, -0.25) is 0 Å². The summed E-state index contributed by atoms with van der Waals surface area (Å²) in [6.45, 7) is 5.89. The van der Waals surface area contributed by atoms with Gasteiger partial charge in [0.05, 0.1) is 6.61 Å². The van der Waals surface area contributed by atoms with Gasteiger partial charge in [-0.1, -0.05) is 6.92 Å². The maximum absolute atomic E-state index is 5.82. The zero-order chi connectivity index (χ0) is 11.3. The molecule has 0 aliphatic carbocycles. The van der Waals surface area contributed by atoms with Crippen LogP contribution >= 0.6 is 0 Å². The van der Waals surface area contributed by atoms with Crippen molar-refractivity contribution in [3.8, 4) is 5.75 Å². The van der Waals surface area contributed by atoms with Crippen molar-refractivity contribution in [2.45, 2.75) is 20.3 Å². The first kappa shape index (κ1) is 11.7. The molecule has 1 rings (SSSR count). The van der Waals surface area contributed by atoms with Gasteiger partial charge in [-0.05, 0) is 19.4 Å². The third-order valence-electron chi connectivity index (χ3n) is 2.30. The van der Waals surface area contributed by atoms with Crippen LogP contribution in [-0.2, 0) is 0 Å². The normalized spacial score (nSPS) is 10.1. The maximum Gasteiger partial charge on any atom is 0.123 e. The van der Waals surface area contributed by atoms with Gasteiger partial charge in [0.1, 0.15) is 5.75 Å². The third-order valence-corrected chi connectivity index (χ3v) is 2.30. The molecule has 0 spiro atoms. The van der Waals surface area contributed by atoms with E-state index in [2.05, 4.69) is 18.7 Å². The van der Waals surface area contributed by atoms with Gasteiger partial charge in [0, 0.05) is 37.1 Å². The van der Waals surface area contributed by atoms with Crippen LogP contribution in [0, 0.1) is 0 Å². The average Bonchev–Trinajstić information content (AvgIpc) is 2.24. The molecule has 0 atom stereocenters. The van der Waals surface area contributed by atoms with Crippen LogP contribution in [0.1, 0.15) is 20.3 Å². The summed E-state index contributed by atoms with van der Waals surface area (Å²) in [6, 6.07) is 5.85. The number of nitrogens with two attached hydrogens (primary N) is 1. The summed E-state index contributed by atoms with van der Waals surface area (Å²) in [6.07, 6.45) is 1.01. The molecule has 3 heteroatoms. The summed E-state index contributed by atoms with van der Waals surface area (Å²) >= 11 is 0. The molecule has 0 radical (unpaired) electrons. The Labute approximate surface area is 91.8 Å². The molecule has 3 nitrogen and oxygen atoms in total.